The Hall–Kier alpha value is -2.38. The highest BCUT2D eigenvalue weighted by molar-refractivity contribution is 7.89. The van der Waals surface area contributed by atoms with Gasteiger partial charge in [-0.1, -0.05) is 47.5 Å². The lowest BCUT2D eigenvalue weighted by Crippen LogP contribution is -2.33. The van der Waals surface area contributed by atoms with Crippen molar-refractivity contribution >= 4 is 21.6 Å². The molecule has 1 aliphatic heterocycles. The van der Waals surface area contributed by atoms with Crippen molar-refractivity contribution in [3.63, 3.8) is 0 Å². The quantitative estimate of drug-likeness (QED) is 0.492. The van der Waals surface area contributed by atoms with Gasteiger partial charge in [0.1, 0.15) is 12.4 Å². The third kappa shape index (κ3) is 5.15. The summed E-state index contributed by atoms with van der Waals surface area (Å²) in [6.45, 7) is 5.54. The molecule has 0 fully saturated rings. The first-order chi connectivity index (χ1) is 15.3. The van der Waals surface area contributed by atoms with Crippen molar-refractivity contribution < 1.29 is 17.9 Å². The lowest BCUT2D eigenvalue weighted by molar-refractivity contribution is 0.107. The normalized spacial score (nSPS) is 14.5. The van der Waals surface area contributed by atoms with Gasteiger partial charge in [0.05, 0.1) is 18.1 Å². The third-order valence-corrected chi connectivity index (χ3v) is 7.73. The first-order valence-electron chi connectivity index (χ1n) is 10.5. The summed E-state index contributed by atoms with van der Waals surface area (Å²) in [7, 11) is -3.63. The van der Waals surface area contributed by atoms with Crippen LogP contribution in [0.3, 0.4) is 0 Å². The Morgan fingerprint density at radius 3 is 2.44 bits per heavy atom. The van der Waals surface area contributed by atoms with E-state index in [9.17, 15) is 8.42 Å². The molecule has 3 aromatic carbocycles. The predicted octanol–water partition coefficient (Wildman–Crippen LogP) is 5.26. The molecule has 32 heavy (non-hydrogen) atoms. The molecule has 0 N–H and O–H groups in total. The van der Waals surface area contributed by atoms with Crippen molar-refractivity contribution in [3.8, 4) is 5.75 Å². The van der Waals surface area contributed by atoms with Crippen molar-refractivity contribution in [3.05, 3.63) is 93.5 Å². The van der Waals surface area contributed by atoms with Crippen LogP contribution in [-0.2, 0) is 34.5 Å². The van der Waals surface area contributed by atoms with Crippen LogP contribution < -0.4 is 4.74 Å². The van der Waals surface area contributed by atoms with Gasteiger partial charge in [-0.05, 0) is 60.9 Å². The van der Waals surface area contributed by atoms with Crippen LogP contribution >= 0.6 is 11.6 Å². The van der Waals surface area contributed by atoms with Gasteiger partial charge in [-0.3, -0.25) is 0 Å². The first-order valence-corrected chi connectivity index (χ1v) is 12.3. The summed E-state index contributed by atoms with van der Waals surface area (Å²) in [5.41, 5.74) is 4.63. The average molecular weight is 472 g/mol. The summed E-state index contributed by atoms with van der Waals surface area (Å²) in [4.78, 5) is 0.342. The topological polar surface area (TPSA) is 55.8 Å². The summed E-state index contributed by atoms with van der Waals surface area (Å²) in [6, 6.07) is 18.8. The molecule has 0 spiro atoms. The number of aryl methyl sites for hydroxylation is 2. The lowest BCUT2D eigenvalue weighted by Gasteiger charge is -2.21. The highest BCUT2D eigenvalue weighted by Crippen LogP contribution is 2.29. The van der Waals surface area contributed by atoms with Gasteiger partial charge in [-0.2, -0.15) is 4.31 Å². The predicted molar refractivity (Wildman–Crippen MR) is 125 cm³/mol. The Labute approximate surface area is 194 Å². The van der Waals surface area contributed by atoms with Gasteiger partial charge in [0.15, 0.2) is 0 Å². The number of hydrogen-bond acceptors (Lipinski definition) is 4. The molecule has 1 aliphatic rings. The maximum Gasteiger partial charge on any atom is 0.243 e. The summed E-state index contributed by atoms with van der Waals surface area (Å²) in [5, 5.41) is 0.694. The van der Waals surface area contributed by atoms with Gasteiger partial charge < -0.3 is 9.47 Å². The zero-order valence-corrected chi connectivity index (χ0v) is 19.7. The van der Waals surface area contributed by atoms with Gasteiger partial charge >= 0.3 is 0 Å². The fourth-order valence-electron chi connectivity index (χ4n) is 3.81. The fraction of sp³-hybridized carbons (Fsp3) is 0.280. The second-order valence-electron chi connectivity index (χ2n) is 8.02. The SMILES string of the molecule is Cc1ccc(S(=O)(=O)N2CCOc3ccc(COCc4ccc(Cl)cc4)cc3C2)c(C)c1. The number of fused-ring (bicyclic) bond motifs is 1. The van der Waals surface area contributed by atoms with E-state index in [-0.39, 0.29) is 6.54 Å². The molecule has 1 heterocycles. The van der Waals surface area contributed by atoms with E-state index in [2.05, 4.69) is 0 Å². The zero-order valence-electron chi connectivity index (χ0n) is 18.2. The Morgan fingerprint density at radius 1 is 0.969 bits per heavy atom. The Balaban J connectivity index is 1.49. The van der Waals surface area contributed by atoms with Crippen LogP contribution in [0, 0.1) is 13.8 Å². The molecule has 0 radical (unpaired) electrons. The lowest BCUT2D eigenvalue weighted by atomic mass is 10.1. The van der Waals surface area contributed by atoms with Gasteiger partial charge in [0, 0.05) is 23.7 Å². The van der Waals surface area contributed by atoms with E-state index in [0.717, 1.165) is 27.8 Å². The van der Waals surface area contributed by atoms with Crippen LogP contribution in [0.2, 0.25) is 5.02 Å². The van der Waals surface area contributed by atoms with E-state index >= 15 is 0 Å². The molecule has 0 aliphatic carbocycles. The number of nitrogens with zero attached hydrogens (tertiary/aromatic N) is 1. The Kier molecular flexibility index (Phi) is 6.86. The maximum absolute atomic E-state index is 13.4. The molecule has 0 unspecified atom stereocenters. The van der Waals surface area contributed by atoms with E-state index in [1.807, 2.05) is 68.4 Å². The van der Waals surface area contributed by atoms with Gasteiger partial charge in [-0.15, -0.1) is 0 Å². The highest BCUT2D eigenvalue weighted by Gasteiger charge is 2.29. The molecule has 168 valence electrons. The number of sulfonamides is 1. The molecule has 0 bridgehead atoms. The van der Waals surface area contributed by atoms with E-state index in [1.54, 1.807) is 6.07 Å². The van der Waals surface area contributed by atoms with Crippen molar-refractivity contribution in [2.24, 2.45) is 0 Å². The van der Waals surface area contributed by atoms with Crippen molar-refractivity contribution in [2.75, 3.05) is 13.2 Å². The molecule has 0 amide bonds. The van der Waals surface area contributed by atoms with Crippen LogP contribution in [0.1, 0.15) is 27.8 Å². The second kappa shape index (κ2) is 9.63. The van der Waals surface area contributed by atoms with Crippen LogP contribution in [0.25, 0.3) is 0 Å². The average Bonchev–Trinajstić information content (AvgIpc) is 2.97. The zero-order chi connectivity index (χ0) is 22.7. The Bertz CT molecular complexity index is 1210. The molecule has 0 saturated carbocycles. The van der Waals surface area contributed by atoms with Crippen LogP contribution in [0.4, 0.5) is 0 Å². The number of hydrogen-bond donors (Lipinski definition) is 0. The minimum atomic E-state index is -3.63. The van der Waals surface area contributed by atoms with Crippen molar-refractivity contribution in [1.82, 2.24) is 4.31 Å². The molecular formula is C25H26ClNO4S. The van der Waals surface area contributed by atoms with Crippen molar-refractivity contribution in [2.45, 2.75) is 38.5 Å². The van der Waals surface area contributed by atoms with Crippen LogP contribution in [0.5, 0.6) is 5.75 Å². The number of ether oxygens (including phenoxy) is 2. The van der Waals surface area contributed by atoms with Crippen molar-refractivity contribution in [1.29, 1.82) is 0 Å². The molecule has 4 rings (SSSR count). The minimum absolute atomic E-state index is 0.260. The van der Waals surface area contributed by atoms with Crippen LogP contribution in [-0.4, -0.2) is 25.9 Å². The highest BCUT2D eigenvalue weighted by atomic mass is 35.5. The monoisotopic (exact) mass is 471 g/mol. The number of rotatable bonds is 6. The van der Waals surface area contributed by atoms with Crippen LogP contribution in [0.15, 0.2) is 65.6 Å². The summed E-state index contributed by atoms with van der Waals surface area (Å²) < 4.78 is 39.9. The molecule has 0 aromatic heterocycles. The molecule has 7 heteroatoms. The summed E-state index contributed by atoms with van der Waals surface area (Å²) in [6.07, 6.45) is 0. The number of halogens is 1. The first kappa shape index (κ1) is 22.8. The van der Waals surface area contributed by atoms with E-state index in [4.69, 9.17) is 21.1 Å². The summed E-state index contributed by atoms with van der Waals surface area (Å²) >= 11 is 5.92. The second-order valence-corrected chi connectivity index (χ2v) is 10.4. The van der Waals surface area contributed by atoms with Gasteiger partial charge in [0.25, 0.3) is 0 Å². The van der Waals surface area contributed by atoms with E-state index in [1.165, 1.54) is 4.31 Å². The molecule has 3 aromatic rings. The number of benzene rings is 3. The maximum atomic E-state index is 13.4. The summed E-state index contributed by atoms with van der Waals surface area (Å²) in [5.74, 6) is 0.713. The minimum Gasteiger partial charge on any atom is -0.492 e. The fourth-order valence-corrected chi connectivity index (χ4v) is 5.55. The third-order valence-electron chi connectivity index (χ3n) is 5.47. The van der Waals surface area contributed by atoms with Gasteiger partial charge in [-0.25, -0.2) is 8.42 Å². The molecule has 0 atom stereocenters. The largest absolute Gasteiger partial charge is 0.492 e. The molecule has 5 nitrogen and oxygen atoms in total. The standard InChI is InChI=1S/C25H26ClNO4S/c1-18-3-10-25(19(2)13-18)32(28,29)27-11-12-31-24-9-6-21(14-22(24)15-27)17-30-16-20-4-7-23(26)8-5-20/h3-10,13-14H,11-12,15-17H2,1-2H3. The smallest absolute Gasteiger partial charge is 0.243 e. The van der Waals surface area contributed by atoms with E-state index in [0.29, 0.717) is 42.0 Å². The van der Waals surface area contributed by atoms with E-state index < -0.39 is 10.0 Å². The van der Waals surface area contributed by atoms with Gasteiger partial charge in [0.2, 0.25) is 10.0 Å². The molecular weight excluding hydrogens is 446 g/mol. The Morgan fingerprint density at radius 2 is 1.69 bits per heavy atom. The molecule has 0 saturated heterocycles.